The fraction of sp³-hybridized carbons (Fsp3) is 0.833. The number of rotatable bonds is 1. The standard InChI is InChI=1S/C6H14N/c1-6(2,3)5-7-4/h5,7H,1-4H3. The Bertz CT molecular complexity index is 42.6. The fourth-order valence-electron chi connectivity index (χ4n) is 0.433. The molecular formula is C6H14N. The van der Waals surface area contributed by atoms with Gasteiger partial charge in [-0.3, -0.25) is 0 Å². The molecule has 1 nitrogen and oxygen atoms in total. The summed E-state index contributed by atoms with van der Waals surface area (Å²) >= 11 is 0. The third-order valence-corrected chi connectivity index (χ3v) is 0.577. The maximum absolute atomic E-state index is 2.98. The Balaban J connectivity index is 3.15. The van der Waals surface area contributed by atoms with Crippen molar-refractivity contribution in [1.29, 1.82) is 0 Å². The molecule has 0 aromatic heterocycles. The molecule has 0 aliphatic carbocycles. The second-order valence-electron chi connectivity index (χ2n) is 2.80. The second-order valence-corrected chi connectivity index (χ2v) is 2.80. The molecular weight excluding hydrogens is 86.1 g/mol. The van der Waals surface area contributed by atoms with E-state index in [9.17, 15) is 0 Å². The third kappa shape index (κ3) is 5.96. The van der Waals surface area contributed by atoms with Crippen molar-refractivity contribution in [1.82, 2.24) is 5.32 Å². The zero-order valence-electron chi connectivity index (χ0n) is 5.58. The summed E-state index contributed by atoms with van der Waals surface area (Å²) in [7, 11) is 1.92. The van der Waals surface area contributed by atoms with Crippen molar-refractivity contribution in [2.45, 2.75) is 20.8 Å². The molecule has 0 aromatic carbocycles. The first-order valence-corrected chi connectivity index (χ1v) is 2.58. The van der Waals surface area contributed by atoms with Gasteiger partial charge >= 0.3 is 0 Å². The van der Waals surface area contributed by atoms with Crippen LogP contribution in [-0.4, -0.2) is 7.05 Å². The highest BCUT2D eigenvalue weighted by Crippen LogP contribution is 2.13. The first-order valence-electron chi connectivity index (χ1n) is 2.58. The van der Waals surface area contributed by atoms with Crippen LogP contribution in [0.5, 0.6) is 0 Å². The molecule has 0 aromatic rings. The molecule has 0 saturated heterocycles. The van der Waals surface area contributed by atoms with Gasteiger partial charge in [0.25, 0.3) is 0 Å². The SMILES string of the molecule is CN[CH]C(C)(C)C. The molecule has 0 fully saturated rings. The topological polar surface area (TPSA) is 12.0 Å². The van der Waals surface area contributed by atoms with Crippen LogP contribution in [0.4, 0.5) is 0 Å². The Kier molecular flexibility index (Phi) is 2.30. The Hall–Kier alpha value is -0.0400. The van der Waals surface area contributed by atoms with E-state index < -0.39 is 0 Å². The Morgan fingerprint density at radius 1 is 1.29 bits per heavy atom. The van der Waals surface area contributed by atoms with Crippen LogP contribution in [0, 0.1) is 12.0 Å². The summed E-state index contributed by atoms with van der Waals surface area (Å²) in [5.74, 6) is 0. The van der Waals surface area contributed by atoms with Crippen molar-refractivity contribution in [2.24, 2.45) is 5.41 Å². The molecule has 0 aliphatic heterocycles. The molecule has 43 valence electrons. The smallest absolute Gasteiger partial charge is 0.0271 e. The quantitative estimate of drug-likeness (QED) is 0.525. The highest BCUT2D eigenvalue weighted by atomic mass is 14.8. The average molecular weight is 100 g/mol. The molecule has 0 unspecified atom stereocenters. The lowest BCUT2D eigenvalue weighted by Crippen LogP contribution is -2.16. The van der Waals surface area contributed by atoms with E-state index in [-0.39, 0.29) is 0 Å². The van der Waals surface area contributed by atoms with Crippen LogP contribution >= 0.6 is 0 Å². The number of nitrogens with one attached hydrogen (secondary N) is 1. The Morgan fingerprint density at radius 2 is 1.71 bits per heavy atom. The molecule has 0 saturated carbocycles. The van der Waals surface area contributed by atoms with E-state index >= 15 is 0 Å². The van der Waals surface area contributed by atoms with E-state index in [0.717, 1.165) is 0 Å². The first kappa shape index (κ1) is 6.96. The van der Waals surface area contributed by atoms with Crippen LogP contribution in [0.1, 0.15) is 20.8 Å². The maximum atomic E-state index is 2.98. The molecule has 0 amide bonds. The highest BCUT2D eigenvalue weighted by molar-refractivity contribution is 4.75. The minimum absolute atomic E-state index is 0.314. The molecule has 0 spiro atoms. The van der Waals surface area contributed by atoms with Gasteiger partial charge in [0.15, 0.2) is 0 Å². The summed E-state index contributed by atoms with van der Waals surface area (Å²) in [4.78, 5) is 0. The molecule has 1 N–H and O–H groups in total. The zero-order valence-corrected chi connectivity index (χ0v) is 5.58. The lowest BCUT2D eigenvalue weighted by Gasteiger charge is -2.15. The van der Waals surface area contributed by atoms with Crippen molar-refractivity contribution in [3.05, 3.63) is 6.54 Å². The van der Waals surface area contributed by atoms with Gasteiger partial charge in [-0.25, -0.2) is 0 Å². The van der Waals surface area contributed by atoms with Gasteiger partial charge in [-0.2, -0.15) is 0 Å². The van der Waals surface area contributed by atoms with Gasteiger partial charge < -0.3 is 5.32 Å². The predicted molar refractivity (Wildman–Crippen MR) is 32.8 cm³/mol. The highest BCUT2D eigenvalue weighted by Gasteiger charge is 2.06. The number of hydrogen-bond donors (Lipinski definition) is 1. The van der Waals surface area contributed by atoms with Crippen LogP contribution < -0.4 is 5.32 Å². The van der Waals surface area contributed by atoms with Gasteiger partial charge in [-0.05, 0) is 12.5 Å². The van der Waals surface area contributed by atoms with Crippen LogP contribution in [0.15, 0.2) is 0 Å². The molecule has 0 rings (SSSR count). The predicted octanol–water partition coefficient (Wildman–Crippen LogP) is 1.41. The first-order chi connectivity index (χ1) is 3.06. The van der Waals surface area contributed by atoms with E-state index in [2.05, 4.69) is 32.6 Å². The van der Waals surface area contributed by atoms with Crippen LogP contribution in [-0.2, 0) is 0 Å². The monoisotopic (exact) mass is 100 g/mol. The van der Waals surface area contributed by atoms with E-state index in [1.54, 1.807) is 0 Å². The molecule has 0 atom stereocenters. The van der Waals surface area contributed by atoms with Gasteiger partial charge in [-0.1, -0.05) is 20.8 Å². The molecule has 0 bridgehead atoms. The molecule has 7 heavy (non-hydrogen) atoms. The molecule has 1 radical (unpaired) electrons. The van der Waals surface area contributed by atoms with Crippen LogP contribution in [0.2, 0.25) is 0 Å². The lowest BCUT2D eigenvalue weighted by atomic mass is 9.97. The fourth-order valence-corrected chi connectivity index (χ4v) is 0.433. The minimum atomic E-state index is 0.314. The summed E-state index contributed by atoms with van der Waals surface area (Å²) in [6, 6.07) is 0. The second kappa shape index (κ2) is 2.31. The van der Waals surface area contributed by atoms with Gasteiger partial charge in [0, 0.05) is 6.54 Å². The third-order valence-electron chi connectivity index (χ3n) is 0.577. The van der Waals surface area contributed by atoms with Gasteiger partial charge in [0.2, 0.25) is 0 Å². The molecule has 0 heterocycles. The lowest BCUT2D eigenvalue weighted by molar-refractivity contribution is 0.463. The summed E-state index contributed by atoms with van der Waals surface area (Å²) in [6.45, 7) is 8.53. The maximum Gasteiger partial charge on any atom is 0.0271 e. The molecule has 1 heteroatoms. The van der Waals surface area contributed by atoms with Crippen molar-refractivity contribution in [3.8, 4) is 0 Å². The van der Waals surface area contributed by atoms with Crippen LogP contribution in [0.25, 0.3) is 0 Å². The molecule has 0 aliphatic rings. The van der Waals surface area contributed by atoms with Crippen molar-refractivity contribution in [2.75, 3.05) is 7.05 Å². The van der Waals surface area contributed by atoms with E-state index in [4.69, 9.17) is 0 Å². The Labute approximate surface area is 46.1 Å². The van der Waals surface area contributed by atoms with Crippen LogP contribution in [0.3, 0.4) is 0 Å². The van der Waals surface area contributed by atoms with E-state index in [0.29, 0.717) is 5.41 Å². The average Bonchev–Trinajstić information content (AvgIpc) is 1.30. The van der Waals surface area contributed by atoms with E-state index in [1.165, 1.54) is 0 Å². The Morgan fingerprint density at radius 3 is 1.71 bits per heavy atom. The van der Waals surface area contributed by atoms with Crippen molar-refractivity contribution >= 4 is 0 Å². The zero-order chi connectivity index (χ0) is 5.91. The van der Waals surface area contributed by atoms with E-state index in [1.807, 2.05) is 7.05 Å². The van der Waals surface area contributed by atoms with Gasteiger partial charge in [-0.15, -0.1) is 0 Å². The largest absolute Gasteiger partial charge is 0.315 e. The van der Waals surface area contributed by atoms with Crippen molar-refractivity contribution in [3.63, 3.8) is 0 Å². The van der Waals surface area contributed by atoms with Gasteiger partial charge in [0.1, 0.15) is 0 Å². The normalized spacial score (nSPS) is 12.0. The number of hydrogen-bond acceptors (Lipinski definition) is 1. The summed E-state index contributed by atoms with van der Waals surface area (Å²) < 4.78 is 0. The van der Waals surface area contributed by atoms with Gasteiger partial charge in [0.05, 0.1) is 0 Å². The summed E-state index contributed by atoms with van der Waals surface area (Å²) in [5.41, 5.74) is 0.314. The summed E-state index contributed by atoms with van der Waals surface area (Å²) in [5, 5.41) is 2.98. The minimum Gasteiger partial charge on any atom is -0.315 e. The van der Waals surface area contributed by atoms with Crippen molar-refractivity contribution < 1.29 is 0 Å². The summed E-state index contributed by atoms with van der Waals surface area (Å²) in [6.07, 6.45) is 0.